The molecule has 0 aliphatic carbocycles. The first kappa shape index (κ1) is 13.3. The van der Waals surface area contributed by atoms with Crippen LogP contribution in [0.25, 0.3) is 0 Å². The molecular formula is C14H18N4O. The summed E-state index contributed by atoms with van der Waals surface area (Å²) < 4.78 is 5.13. The molecular weight excluding hydrogens is 240 g/mol. The number of nitrogens with one attached hydrogen (secondary N) is 2. The summed E-state index contributed by atoms with van der Waals surface area (Å²) in [6, 6.07) is 9.92. The van der Waals surface area contributed by atoms with Gasteiger partial charge in [-0.1, -0.05) is 12.1 Å². The van der Waals surface area contributed by atoms with Gasteiger partial charge in [0, 0.05) is 25.9 Å². The highest BCUT2D eigenvalue weighted by atomic mass is 16.5. The van der Waals surface area contributed by atoms with Crippen molar-refractivity contribution in [2.24, 2.45) is 0 Å². The van der Waals surface area contributed by atoms with Gasteiger partial charge >= 0.3 is 0 Å². The van der Waals surface area contributed by atoms with Crippen molar-refractivity contribution in [1.82, 2.24) is 9.97 Å². The first-order valence-electron chi connectivity index (χ1n) is 6.09. The molecule has 0 saturated carbocycles. The van der Waals surface area contributed by atoms with Crippen molar-refractivity contribution < 1.29 is 4.74 Å². The minimum atomic E-state index is 0.597. The molecule has 0 bridgehead atoms. The number of benzene rings is 1. The van der Waals surface area contributed by atoms with Crippen molar-refractivity contribution in [1.29, 1.82) is 0 Å². The van der Waals surface area contributed by atoms with Crippen LogP contribution in [0.3, 0.4) is 0 Å². The van der Waals surface area contributed by atoms with Gasteiger partial charge < -0.3 is 15.4 Å². The zero-order chi connectivity index (χ0) is 13.7. The Labute approximate surface area is 113 Å². The molecule has 0 amide bonds. The van der Waals surface area contributed by atoms with E-state index in [0.717, 1.165) is 28.7 Å². The summed E-state index contributed by atoms with van der Waals surface area (Å²) in [7, 11) is 3.53. The molecule has 100 valence electrons. The first-order chi connectivity index (χ1) is 9.21. The number of hydrogen-bond donors (Lipinski definition) is 2. The monoisotopic (exact) mass is 258 g/mol. The molecule has 1 aromatic heterocycles. The third kappa shape index (κ3) is 3.66. The number of rotatable bonds is 5. The second kappa shape index (κ2) is 6.15. The molecule has 2 rings (SSSR count). The zero-order valence-electron chi connectivity index (χ0n) is 11.4. The smallest absolute Gasteiger partial charge is 0.136 e. The minimum absolute atomic E-state index is 0.597. The molecule has 19 heavy (non-hydrogen) atoms. The van der Waals surface area contributed by atoms with Gasteiger partial charge in [-0.05, 0) is 24.6 Å². The Morgan fingerprint density at radius 2 is 1.95 bits per heavy atom. The van der Waals surface area contributed by atoms with Gasteiger partial charge in [0.05, 0.1) is 6.61 Å². The molecule has 2 aromatic rings. The van der Waals surface area contributed by atoms with Crippen molar-refractivity contribution in [3.05, 3.63) is 41.7 Å². The van der Waals surface area contributed by atoms with Crippen LogP contribution in [0.4, 0.5) is 17.3 Å². The van der Waals surface area contributed by atoms with E-state index in [1.54, 1.807) is 7.11 Å². The van der Waals surface area contributed by atoms with Crippen molar-refractivity contribution >= 4 is 17.3 Å². The van der Waals surface area contributed by atoms with Crippen LogP contribution < -0.4 is 10.6 Å². The molecule has 0 aliphatic heterocycles. The summed E-state index contributed by atoms with van der Waals surface area (Å²) in [6.45, 7) is 2.47. The van der Waals surface area contributed by atoms with Crippen LogP contribution in [0.2, 0.25) is 0 Å². The van der Waals surface area contributed by atoms with E-state index in [0.29, 0.717) is 6.61 Å². The number of hydrogen-bond acceptors (Lipinski definition) is 5. The zero-order valence-corrected chi connectivity index (χ0v) is 11.4. The number of ether oxygens (including phenoxy) is 1. The van der Waals surface area contributed by atoms with Gasteiger partial charge in [-0.15, -0.1) is 0 Å². The fraction of sp³-hybridized carbons (Fsp3) is 0.286. The van der Waals surface area contributed by atoms with Crippen LogP contribution in [-0.4, -0.2) is 24.1 Å². The van der Waals surface area contributed by atoms with Gasteiger partial charge in [-0.3, -0.25) is 0 Å². The molecule has 1 aromatic carbocycles. The van der Waals surface area contributed by atoms with E-state index in [1.807, 2.05) is 44.3 Å². The highest BCUT2D eigenvalue weighted by Crippen LogP contribution is 2.18. The Balaban J connectivity index is 2.20. The van der Waals surface area contributed by atoms with Crippen molar-refractivity contribution in [3.63, 3.8) is 0 Å². The summed E-state index contributed by atoms with van der Waals surface area (Å²) in [5.74, 6) is 2.29. The highest BCUT2D eigenvalue weighted by molar-refractivity contribution is 5.59. The second-order valence-electron chi connectivity index (χ2n) is 4.19. The van der Waals surface area contributed by atoms with E-state index < -0.39 is 0 Å². The molecule has 0 radical (unpaired) electrons. The van der Waals surface area contributed by atoms with E-state index in [9.17, 15) is 0 Å². The standard InChI is InChI=1S/C14H18N4O/c1-10-16-13(15-2)8-14(17-10)18-12-6-4-5-11(7-12)9-19-3/h4-8H,9H2,1-3H3,(H2,15,16,17,18). The lowest BCUT2D eigenvalue weighted by atomic mass is 10.2. The quantitative estimate of drug-likeness (QED) is 0.863. The van der Waals surface area contributed by atoms with Gasteiger partial charge in [0.15, 0.2) is 0 Å². The van der Waals surface area contributed by atoms with Crippen LogP contribution in [0, 0.1) is 6.92 Å². The third-order valence-electron chi connectivity index (χ3n) is 2.60. The molecule has 0 spiro atoms. The lowest BCUT2D eigenvalue weighted by molar-refractivity contribution is 0.185. The van der Waals surface area contributed by atoms with Crippen LogP contribution in [0.5, 0.6) is 0 Å². The Morgan fingerprint density at radius 3 is 2.68 bits per heavy atom. The van der Waals surface area contributed by atoms with Crippen molar-refractivity contribution in [2.75, 3.05) is 24.8 Å². The number of aryl methyl sites for hydroxylation is 1. The molecule has 5 heteroatoms. The van der Waals surface area contributed by atoms with Crippen LogP contribution in [-0.2, 0) is 11.3 Å². The molecule has 0 saturated heterocycles. The Hall–Kier alpha value is -2.14. The van der Waals surface area contributed by atoms with Gasteiger partial charge in [0.25, 0.3) is 0 Å². The predicted molar refractivity (Wildman–Crippen MR) is 76.8 cm³/mol. The summed E-state index contributed by atoms with van der Waals surface area (Å²) in [6.07, 6.45) is 0. The molecule has 0 aliphatic rings. The van der Waals surface area contributed by atoms with E-state index >= 15 is 0 Å². The lowest BCUT2D eigenvalue weighted by Crippen LogP contribution is -2.01. The maximum Gasteiger partial charge on any atom is 0.136 e. The number of aromatic nitrogens is 2. The third-order valence-corrected chi connectivity index (χ3v) is 2.60. The largest absolute Gasteiger partial charge is 0.380 e. The van der Waals surface area contributed by atoms with Gasteiger partial charge in [0.1, 0.15) is 17.5 Å². The Kier molecular flexibility index (Phi) is 4.30. The lowest BCUT2D eigenvalue weighted by Gasteiger charge is -2.09. The average molecular weight is 258 g/mol. The number of anilines is 3. The van der Waals surface area contributed by atoms with Crippen molar-refractivity contribution in [2.45, 2.75) is 13.5 Å². The summed E-state index contributed by atoms with van der Waals surface area (Å²) in [5, 5.41) is 6.29. The van der Waals surface area contributed by atoms with Crippen LogP contribution >= 0.6 is 0 Å². The highest BCUT2D eigenvalue weighted by Gasteiger charge is 2.02. The van der Waals surface area contributed by atoms with Gasteiger partial charge in [-0.25, -0.2) is 9.97 Å². The molecule has 0 unspecified atom stereocenters. The van der Waals surface area contributed by atoms with Gasteiger partial charge in [0.2, 0.25) is 0 Å². The van der Waals surface area contributed by atoms with E-state index in [-0.39, 0.29) is 0 Å². The first-order valence-corrected chi connectivity index (χ1v) is 6.09. The number of nitrogens with zero attached hydrogens (tertiary/aromatic N) is 2. The Morgan fingerprint density at radius 1 is 1.16 bits per heavy atom. The molecule has 0 fully saturated rings. The maximum absolute atomic E-state index is 5.13. The second-order valence-corrected chi connectivity index (χ2v) is 4.19. The average Bonchev–Trinajstić information content (AvgIpc) is 2.39. The molecule has 2 N–H and O–H groups in total. The van der Waals surface area contributed by atoms with Crippen molar-refractivity contribution in [3.8, 4) is 0 Å². The van der Waals surface area contributed by atoms with E-state index in [2.05, 4.69) is 20.6 Å². The van der Waals surface area contributed by atoms with E-state index in [1.165, 1.54) is 0 Å². The fourth-order valence-electron chi connectivity index (χ4n) is 1.81. The van der Waals surface area contributed by atoms with Crippen LogP contribution in [0.1, 0.15) is 11.4 Å². The van der Waals surface area contributed by atoms with E-state index in [4.69, 9.17) is 4.74 Å². The Bertz CT molecular complexity index is 557. The SMILES string of the molecule is CNc1cc(Nc2cccc(COC)c2)nc(C)n1. The molecule has 1 heterocycles. The predicted octanol–water partition coefficient (Wildman–Crippen LogP) is 2.72. The number of methoxy groups -OCH3 is 1. The molecule has 5 nitrogen and oxygen atoms in total. The minimum Gasteiger partial charge on any atom is -0.380 e. The summed E-state index contributed by atoms with van der Waals surface area (Å²) in [5.41, 5.74) is 2.10. The maximum atomic E-state index is 5.13. The topological polar surface area (TPSA) is 59.1 Å². The normalized spacial score (nSPS) is 10.3. The summed E-state index contributed by atoms with van der Waals surface area (Å²) >= 11 is 0. The fourth-order valence-corrected chi connectivity index (χ4v) is 1.81. The van der Waals surface area contributed by atoms with Gasteiger partial charge in [-0.2, -0.15) is 0 Å². The van der Waals surface area contributed by atoms with Crippen LogP contribution in [0.15, 0.2) is 30.3 Å². The molecule has 0 atom stereocenters. The summed E-state index contributed by atoms with van der Waals surface area (Å²) in [4.78, 5) is 8.62.